The maximum atomic E-state index is 14.7. The van der Waals surface area contributed by atoms with Crippen molar-refractivity contribution in [2.24, 2.45) is 0 Å². The molecule has 12 aromatic rings. The summed E-state index contributed by atoms with van der Waals surface area (Å²) < 4.78 is 92.6. The fourth-order valence-corrected chi connectivity index (χ4v) is 11.2. The molecule has 0 spiro atoms. The molecule has 2 aromatic heterocycles. The van der Waals surface area contributed by atoms with Crippen molar-refractivity contribution in [1.82, 2.24) is 9.13 Å². The van der Waals surface area contributed by atoms with E-state index in [1.165, 1.54) is 0 Å². The maximum Gasteiger partial charge on any atom is 0.416 e. The lowest BCUT2D eigenvalue weighted by Gasteiger charge is -2.21. The summed E-state index contributed by atoms with van der Waals surface area (Å²) in [7, 11) is 0. The number of nitriles is 1. The van der Waals surface area contributed by atoms with E-state index in [9.17, 15) is 31.6 Å². The van der Waals surface area contributed by atoms with Crippen molar-refractivity contribution in [2.75, 3.05) is 0 Å². The summed E-state index contributed by atoms with van der Waals surface area (Å²) in [6.45, 7) is 8.20. The van der Waals surface area contributed by atoms with Crippen LogP contribution >= 0.6 is 0 Å². The molecule has 0 bridgehead atoms. The molecule has 12 rings (SSSR count). The van der Waals surface area contributed by atoms with Crippen LogP contribution in [0.4, 0.5) is 26.3 Å². The average Bonchev–Trinajstić information content (AvgIpc) is 4.14. The minimum atomic E-state index is -5.13. The molecule has 76 heavy (non-hydrogen) atoms. The normalized spacial score (nSPS) is 12.1. The minimum Gasteiger partial charge on any atom is -0.307 e. The summed E-state index contributed by atoms with van der Waals surface area (Å²) in [5.41, 5.74) is 12.3. The lowest BCUT2D eigenvalue weighted by atomic mass is 9.94. The molecule has 0 aliphatic carbocycles. The first-order valence-electron chi connectivity index (χ1n) is 24.8. The number of hydrogen-bond donors (Lipinski definition) is 0. The van der Waals surface area contributed by atoms with Gasteiger partial charge in [0.1, 0.15) is 0 Å². The van der Waals surface area contributed by atoms with Gasteiger partial charge in [-0.05, 0) is 161 Å². The van der Waals surface area contributed by atoms with Crippen LogP contribution in [0.5, 0.6) is 0 Å². The minimum absolute atomic E-state index is 0.0959. The summed E-state index contributed by atoms with van der Waals surface area (Å²) in [5, 5.41) is 14.8. The molecule has 10 aromatic carbocycles. The summed E-state index contributed by atoms with van der Waals surface area (Å²) >= 11 is 0. The molecular formula is C67H45F6N3. The Bertz CT molecular complexity index is 4250. The molecule has 0 aliphatic rings. The van der Waals surface area contributed by atoms with Gasteiger partial charge in [-0.3, -0.25) is 0 Å². The van der Waals surface area contributed by atoms with E-state index in [0.717, 1.165) is 110 Å². The predicted octanol–water partition coefficient (Wildman–Crippen LogP) is 19.4. The molecular weight excluding hydrogens is 961 g/mol. The van der Waals surface area contributed by atoms with E-state index in [4.69, 9.17) is 0 Å². The van der Waals surface area contributed by atoms with Crippen LogP contribution in [-0.2, 0) is 12.4 Å². The van der Waals surface area contributed by atoms with Crippen LogP contribution < -0.4 is 0 Å². The number of hydrogen-bond acceptors (Lipinski definition) is 1. The second kappa shape index (κ2) is 18.1. The van der Waals surface area contributed by atoms with Gasteiger partial charge in [0, 0.05) is 27.1 Å². The van der Waals surface area contributed by atoms with Crippen LogP contribution in [0.2, 0.25) is 0 Å². The van der Waals surface area contributed by atoms with E-state index in [1.807, 2.05) is 79.7 Å². The zero-order valence-corrected chi connectivity index (χ0v) is 41.7. The molecule has 0 saturated carbocycles. The predicted molar refractivity (Wildman–Crippen MR) is 296 cm³/mol. The van der Waals surface area contributed by atoms with E-state index in [1.54, 1.807) is 12.1 Å². The number of aryl methyl sites for hydroxylation is 4. The van der Waals surface area contributed by atoms with Gasteiger partial charge in [-0.25, -0.2) is 0 Å². The smallest absolute Gasteiger partial charge is 0.307 e. The Morgan fingerprint density at radius 1 is 0.329 bits per heavy atom. The molecule has 0 saturated heterocycles. The topological polar surface area (TPSA) is 33.6 Å². The molecule has 0 radical (unpaired) electrons. The van der Waals surface area contributed by atoms with Gasteiger partial charge >= 0.3 is 12.4 Å². The summed E-state index contributed by atoms with van der Waals surface area (Å²) in [4.78, 5) is 0. The standard InChI is InChI=1S/C67H45F6N3/c1-39-13-5-9-17-51(39)43-24-28-60-59(31-43)57-27-23-46(54-20-12-8-16-42(54)4)34-63(57)75(60)65-37-58(47-29-49(66(68,69)70)36-50(30-47)67(71,72)73)48(38-74)35-64(65)76-61-32-44(52-18-10-6-14-40(52)2)21-25-55(61)56-26-22-45(33-62(56)76)53-19-11-7-15-41(53)3/h5-37H,1-4H3. The number of alkyl halides is 6. The van der Waals surface area contributed by atoms with Crippen LogP contribution in [0.3, 0.4) is 0 Å². The average molecular weight is 1010 g/mol. The van der Waals surface area contributed by atoms with Gasteiger partial charge in [0.05, 0.1) is 56.2 Å². The Kier molecular flexibility index (Phi) is 11.4. The van der Waals surface area contributed by atoms with Crippen LogP contribution in [0, 0.1) is 39.0 Å². The summed E-state index contributed by atoms with van der Waals surface area (Å²) in [6.07, 6.45) is -10.3. The highest BCUT2D eigenvalue weighted by Crippen LogP contribution is 2.46. The number of halogens is 6. The van der Waals surface area contributed by atoms with E-state index in [2.05, 4.69) is 133 Å². The number of aromatic nitrogens is 2. The van der Waals surface area contributed by atoms with Crippen molar-refractivity contribution in [3.63, 3.8) is 0 Å². The van der Waals surface area contributed by atoms with Gasteiger partial charge in [-0.2, -0.15) is 31.6 Å². The second-order valence-corrected chi connectivity index (χ2v) is 19.7. The van der Waals surface area contributed by atoms with Crippen LogP contribution in [-0.4, -0.2) is 9.13 Å². The summed E-state index contributed by atoms with van der Waals surface area (Å²) in [5.74, 6) is 0. The van der Waals surface area contributed by atoms with Crippen molar-refractivity contribution in [2.45, 2.75) is 40.0 Å². The third-order valence-electron chi connectivity index (χ3n) is 15.0. The molecule has 370 valence electrons. The highest BCUT2D eigenvalue weighted by atomic mass is 19.4. The Morgan fingerprint density at radius 2 is 0.684 bits per heavy atom. The van der Waals surface area contributed by atoms with Crippen molar-refractivity contribution in [3.05, 3.63) is 239 Å². The molecule has 0 N–H and O–H groups in total. The van der Waals surface area contributed by atoms with Gasteiger partial charge in [0.15, 0.2) is 0 Å². The van der Waals surface area contributed by atoms with Gasteiger partial charge in [0.25, 0.3) is 0 Å². The Hall–Kier alpha value is -9.13. The van der Waals surface area contributed by atoms with Crippen LogP contribution in [0.15, 0.2) is 200 Å². The third kappa shape index (κ3) is 8.09. The molecule has 0 amide bonds. The van der Waals surface area contributed by atoms with Crippen molar-refractivity contribution in [3.8, 4) is 73.1 Å². The molecule has 0 unspecified atom stereocenters. The summed E-state index contributed by atoms with van der Waals surface area (Å²) in [6, 6.07) is 64.4. The van der Waals surface area contributed by atoms with Crippen LogP contribution in [0.25, 0.3) is 111 Å². The number of rotatable bonds is 7. The number of fused-ring (bicyclic) bond motifs is 6. The quantitative estimate of drug-likeness (QED) is 0.147. The Labute approximate surface area is 434 Å². The van der Waals surface area contributed by atoms with Crippen LogP contribution in [0.1, 0.15) is 38.9 Å². The largest absolute Gasteiger partial charge is 0.416 e. The van der Waals surface area contributed by atoms with Gasteiger partial charge in [-0.1, -0.05) is 140 Å². The Morgan fingerprint density at radius 3 is 1.08 bits per heavy atom. The lowest BCUT2D eigenvalue weighted by Crippen LogP contribution is -2.11. The van der Waals surface area contributed by atoms with E-state index in [-0.39, 0.29) is 17.2 Å². The zero-order chi connectivity index (χ0) is 52.8. The van der Waals surface area contributed by atoms with E-state index < -0.39 is 29.0 Å². The monoisotopic (exact) mass is 1010 g/mol. The van der Waals surface area contributed by atoms with Crippen molar-refractivity contribution >= 4 is 43.6 Å². The SMILES string of the molecule is Cc1ccccc1-c1ccc2c(c1)c1ccc(-c3ccccc3C)cc1n2-c1cc(-c2cc(C(F)(F)F)cc(C(F)(F)F)c2)c(C#N)cc1-n1c2cc(-c3ccccc3C)ccc2c2ccc(-c3ccccc3C)cc21. The van der Waals surface area contributed by atoms with Gasteiger partial charge in [-0.15, -0.1) is 0 Å². The first-order chi connectivity index (χ1) is 36.5. The van der Waals surface area contributed by atoms with Gasteiger partial charge in [0.2, 0.25) is 0 Å². The van der Waals surface area contributed by atoms with E-state index >= 15 is 0 Å². The third-order valence-corrected chi connectivity index (χ3v) is 15.0. The number of nitrogens with zero attached hydrogens (tertiary/aromatic N) is 3. The molecule has 3 nitrogen and oxygen atoms in total. The zero-order valence-electron chi connectivity index (χ0n) is 41.7. The maximum absolute atomic E-state index is 14.7. The molecule has 2 heterocycles. The fraction of sp³-hybridized carbons (Fsp3) is 0.0896. The molecule has 0 fully saturated rings. The second-order valence-electron chi connectivity index (χ2n) is 19.7. The Balaban J connectivity index is 1.27. The molecule has 9 heteroatoms. The van der Waals surface area contributed by atoms with Gasteiger partial charge < -0.3 is 9.13 Å². The van der Waals surface area contributed by atoms with E-state index in [0.29, 0.717) is 23.5 Å². The highest BCUT2D eigenvalue weighted by molar-refractivity contribution is 6.14. The first kappa shape index (κ1) is 47.8. The molecule has 0 atom stereocenters. The fourth-order valence-electron chi connectivity index (χ4n) is 11.2. The van der Waals surface area contributed by atoms with Crippen molar-refractivity contribution < 1.29 is 26.3 Å². The lowest BCUT2D eigenvalue weighted by molar-refractivity contribution is -0.143. The van der Waals surface area contributed by atoms with Crippen molar-refractivity contribution in [1.29, 1.82) is 5.26 Å². The number of benzene rings is 10. The highest BCUT2D eigenvalue weighted by Gasteiger charge is 2.37. The molecule has 0 aliphatic heterocycles. The first-order valence-corrected chi connectivity index (χ1v) is 24.8.